The van der Waals surface area contributed by atoms with Gasteiger partial charge in [-0.25, -0.2) is 0 Å². The van der Waals surface area contributed by atoms with E-state index in [1.165, 1.54) is 18.7 Å². The number of aldehydes is 1. The van der Waals surface area contributed by atoms with E-state index in [-0.39, 0.29) is 6.42 Å². The van der Waals surface area contributed by atoms with Gasteiger partial charge in [-0.1, -0.05) is 23.9 Å². The van der Waals surface area contributed by atoms with Crippen LogP contribution in [0.1, 0.15) is 22.8 Å². The van der Waals surface area contributed by atoms with E-state index >= 15 is 0 Å². The van der Waals surface area contributed by atoms with Gasteiger partial charge in [-0.15, -0.1) is 0 Å². The average Bonchev–Trinajstić information content (AvgIpc) is 2.57. The molecule has 0 saturated heterocycles. The zero-order valence-corrected chi connectivity index (χ0v) is 16.6. The molecule has 1 atom stereocenters. The molecule has 26 heavy (non-hydrogen) atoms. The highest BCUT2D eigenvalue weighted by Crippen LogP contribution is 2.31. The monoisotopic (exact) mass is 493 g/mol. The minimum atomic E-state index is -4.88. The number of halogens is 4. The molecule has 0 aliphatic heterocycles. The maximum absolute atomic E-state index is 12.3. The molecule has 1 amide bonds. The van der Waals surface area contributed by atoms with Gasteiger partial charge in [-0.05, 0) is 71.8 Å². The molecule has 0 radical (unpaired) electrons. The van der Waals surface area contributed by atoms with Crippen LogP contribution in [0.15, 0.2) is 52.3 Å². The summed E-state index contributed by atoms with van der Waals surface area (Å²) < 4.78 is 37.7. The van der Waals surface area contributed by atoms with Gasteiger partial charge in [0.1, 0.15) is 0 Å². The molecular weight excluding hydrogens is 478 g/mol. The van der Waals surface area contributed by atoms with Crippen LogP contribution in [0.4, 0.5) is 13.2 Å². The average molecular weight is 493 g/mol. The van der Waals surface area contributed by atoms with E-state index < -0.39 is 18.1 Å². The van der Waals surface area contributed by atoms with Crippen LogP contribution in [-0.4, -0.2) is 24.4 Å². The molecule has 0 aliphatic carbocycles. The summed E-state index contributed by atoms with van der Waals surface area (Å²) >= 11 is 3.57. The Labute approximate surface area is 166 Å². The smallest absolute Gasteiger partial charge is 0.345 e. The number of carbonyl (C=O) groups excluding carboxylic acids is 2. The summed E-state index contributed by atoms with van der Waals surface area (Å²) in [5, 5.41) is 1.93. The molecule has 0 spiro atoms. The molecule has 3 nitrogen and oxygen atoms in total. The van der Waals surface area contributed by atoms with Gasteiger partial charge in [-0.3, -0.25) is 9.59 Å². The highest BCUT2D eigenvalue weighted by Gasteiger charge is 2.39. The van der Waals surface area contributed by atoms with E-state index in [9.17, 15) is 22.8 Å². The second-order valence-electron chi connectivity index (χ2n) is 5.62. The van der Waals surface area contributed by atoms with Gasteiger partial charge in [0.25, 0.3) is 0 Å². The van der Waals surface area contributed by atoms with Crippen molar-refractivity contribution in [3.05, 3.63) is 57.2 Å². The van der Waals surface area contributed by atoms with Crippen LogP contribution >= 0.6 is 34.4 Å². The van der Waals surface area contributed by atoms with Gasteiger partial charge >= 0.3 is 12.1 Å². The Balaban J connectivity index is 2.00. The first-order valence-electron chi connectivity index (χ1n) is 7.58. The predicted molar refractivity (Wildman–Crippen MR) is 102 cm³/mol. The first-order valence-corrected chi connectivity index (χ1v) is 9.48. The van der Waals surface area contributed by atoms with Gasteiger partial charge in [0.05, 0.1) is 0 Å². The lowest BCUT2D eigenvalue weighted by Crippen LogP contribution is -2.42. The maximum Gasteiger partial charge on any atom is 0.471 e. The number of hydrogen-bond donors (Lipinski definition) is 1. The van der Waals surface area contributed by atoms with E-state index in [2.05, 4.69) is 22.6 Å². The normalized spacial score (nSPS) is 12.5. The van der Waals surface area contributed by atoms with Crippen molar-refractivity contribution < 1.29 is 22.8 Å². The van der Waals surface area contributed by atoms with Crippen LogP contribution in [0.3, 0.4) is 0 Å². The largest absolute Gasteiger partial charge is 0.471 e. The third-order valence-corrected chi connectivity index (χ3v) is 5.20. The van der Waals surface area contributed by atoms with Gasteiger partial charge in [0, 0.05) is 25.0 Å². The molecule has 0 bridgehead atoms. The third kappa shape index (κ3) is 6.01. The van der Waals surface area contributed by atoms with Crippen LogP contribution < -0.4 is 5.32 Å². The Morgan fingerprint density at radius 1 is 1.23 bits per heavy atom. The highest BCUT2D eigenvalue weighted by atomic mass is 127. The zero-order valence-electron chi connectivity index (χ0n) is 13.6. The number of benzene rings is 2. The van der Waals surface area contributed by atoms with E-state index in [0.29, 0.717) is 5.56 Å². The minimum Gasteiger partial charge on any atom is -0.345 e. The van der Waals surface area contributed by atoms with E-state index in [1.54, 1.807) is 18.2 Å². The lowest BCUT2D eigenvalue weighted by Gasteiger charge is -2.15. The van der Waals surface area contributed by atoms with Gasteiger partial charge in [0.2, 0.25) is 0 Å². The Morgan fingerprint density at radius 3 is 2.46 bits per heavy atom. The number of carbonyl (C=O) groups is 2. The van der Waals surface area contributed by atoms with Crippen LogP contribution in [0.5, 0.6) is 0 Å². The highest BCUT2D eigenvalue weighted by molar-refractivity contribution is 14.1. The number of alkyl halides is 3. The predicted octanol–water partition coefficient (Wildman–Crippen LogP) is 4.86. The summed E-state index contributed by atoms with van der Waals surface area (Å²) in [5.41, 5.74) is 1.41. The molecule has 138 valence electrons. The second kappa shape index (κ2) is 8.90. The molecule has 2 aromatic rings. The Kier molecular flexibility index (Phi) is 7.10. The van der Waals surface area contributed by atoms with Crippen LogP contribution in [0.25, 0.3) is 0 Å². The molecular formula is C18H15F3INO2S. The van der Waals surface area contributed by atoms with Gasteiger partial charge < -0.3 is 5.32 Å². The molecule has 1 N–H and O–H groups in total. The van der Waals surface area contributed by atoms with Crippen molar-refractivity contribution in [1.29, 1.82) is 0 Å². The number of hydrogen-bond acceptors (Lipinski definition) is 3. The van der Waals surface area contributed by atoms with E-state index in [1.807, 2.05) is 29.6 Å². The molecule has 0 fully saturated rings. The van der Waals surface area contributed by atoms with Crippen molar-refractivity contribution in [2.45, 2.75) is 35.4 Å². The molecule has 0 heterocycles. The van der Waals surface area contributed by atoms with Crippen molar-refractivity contribution in [1.82, 2.24) is 5.32 Å². The summed E-state index contributed by atoms with van der Waals surface area (Å²) in [6.07, 6.45) is -3.78. The zero-order chi connectivity index (χ0) is 19.3. The van der Waals surface area contributed by atoms with E-state index in [4.69, 9.17) is 0 Å². The standard InChI is InChI=1S/C18H15F3INO2S/c1-11(23-17(25)18(19,20)21)8-12-2-5-15(6-3-12)26-16-7-4-14(22)9-13(16)10-24/h2-7,9-11H,8H2,1H3,(H,23,25)/t11-/m1/s1. The first kappa shape index (κ1) is 20.8. The van der Waals surface area contributed by atoms with Crippen LogP contribution in [0, 0.1) is 3.57 Å². The van der Waals surface area contributed by atoms with Crippen molar-refractivity contribution >= 4 is 46.5 Å². The molecule has 0 unspecified atom stereocenters. The summed E-state index contributed by atoms with van der Waals surface area (Å²) in [5.74, 6) is -1.93. The molecule has 0 aliphatic rings. The third-order valence-electron chi connectivity index (χ3n) is 3.43. The number of nitrogens with one attached hydrogen (secondary N) is 1. The number of rotatable bonds is 6. The molecule has 8 heteroatoms. The van der Waals surface area contributed by atoms with Crippen molar-refractivity contribution in [2.24, 2.45) is 0 Å². The summed E-state index contributed by atoms with van der Waals surface area (Å²) in [6.45, 7) is 1.52. The summed E-state index contributed by atoms with van der Waals surface area (Å²) in [6, 6.07) is 12.2. The lowest BCUT2D eigenvalue weighted by atomic mass is 10.1. The fraction of sp³-hybridized carbons (Fsp3) is 0.222. The van der Waals surface area contributed by atoms with Crippen molar-refractivity contribution in [3.63, 3.8) is 0 Å². The van der Waals surface area contributed by atoms with Crippen LogP contribution in [0.2, 0.25) is 0 Å². The Morgan fingerprint density at radius 2 is 1.88 bits per heavy atom. The summed E-state index contributed by atoms with van der Waals surface area (Å²) in [7, 11) is 0. The Bertz CT molecular complexity index is 794. The second-order valence-corrected chi connectivity index (χ2v) is 7.98. The molecule has 2 rings (SSSR count). The van der Waals surface area contributed by atoms with Crippen LogP contribution in [-0.2, 0) is 11.2 Å². The van der Waals surface area contributed by atoms with Gasteiger partial charge in [-0.2, -0.15) is 13.2 Å². The maximum atomic E-state index is 12.3. The molecule has 0 aromatic heterocycles. The van der Waals surface area contributed by atoms with Crippen molar-refractivity contribution in [3.8, 4) is 0 Å². The SMILES string of the molecule is C[C@H](Cc1ccc(Sc2ccc(I)cc2C=O)cc1)NC(=O)C(F)(F)F. The summed E-state index contributed by atoms with van der Waals surface area (Å²) in [4.78, 5) is 23.9. The topological polar surface area (TPSA) is 46.2 Å². The molecule has 0 saturated carbocycles. The van der Waals surface area contributed by atoms with Gasteiger partial charge in [0.15, 0.2) is 6.29 Å². The fourth-order valence-corrected chi connectivity index (χ4v) is 3.64. The lowest BCUT2D eigenvalue weighted by molar-refractivity contribution is -0.174. The fourth-order valence-electron chi connectivity index (χ4n) is 2.24. The number of amides is 1. The first-order chi connectivity index (χ1) is 12.2. The minimum absolute atomic E-state index is 0.288. The van der Waals surface area contributed by atoms with Crippen molar-refractivity contribution in [2.75, 3.05) is 0 Å². The quantitative estimate of drug-likeness (QED) is 0.462. The Hall–Kier alpha value is -1.55. The molecule has 2 aromatic carbocycles. The van der Waals surface area contributed by atoms with E-state index in [0.717, 1.165) is 25.2 Å².